The Morgan fingerprint density at radius 3 is 2.55 bits per heavy atom. The first kappa shape index (κ1) is 9.05. The van der Waals surface area contributed by atoms with Crippen molar-refractivity contribution < 1.29 is 0 Å². The molecule has 11 heavy (non-hydrogen) atoms. The zero-order valence-corrected chi connectivity index (χ0v) is 7.97. The van der Waals surface area contributed by atoms with Gasteiger partial charge in [0.15, 0.2) is 0 Å². The lowest BCUT2D eigenvalue weighted by molar-refractivity contribution is 0.0857. The summed E-state index contributed by atoms with van der Waals surface area (Å²) < 4.78 is 0. The fraction of sp³-hybridized carbons (Fsp3) is 1.00. The molecule has 0 aromatic carbocycles. The molecule has 1 heteroatoms. The average Bonchev–Trinajstić information content (AvgIpc) is 1.97. The van der Waals surface area contributed by atoms with Crippen molar-refractivity contribution in [3.05, 3.63) is 0 Å². The zero-order chi connectivity index (χ0) is 8.10. The van der Waals surface area contributed by atoms with E-state index in [-0.39, 0.29) is 0 Å². The second kappa shape index (κ2) is 4.76. The molecule has 0 bridgehead atoms. The van der Waals surface area contributed by atoms with Crippen LogP contribution >= 0.6 is 0 Å². The normalized spacial score (nSPS) is 25.1. The summed E-state index contributed by atoms with van der Waals surface area (Å²) in [5.41, 5.74) is 0. The average molecular weight is 155 g/mol. The standard InChI is InChI=1S/C10H21N/c1-3-5-6-8-11-9-7-10(11)4-2/h10H,3-9H2,1-2H3. The summed E-state index contributed by atoms with van der Waals surface area (Å²) in [6.45, 7) is 7.29. The first-order valence-electron chi connectivity index (χ1n) is 5.12. The van der Waals surface area contributed by atoms with Crippen LogP contribution in [0.3, 0.4) is 0 Å². The van der Waals surface area contributed by atoms with E-state index in [2.05, 4.69) is 18.7 Å². The number of nitrogens with zero attached hydrogens (tertiary/aromatic N) is 1. The smallest absolute Gasteiger partial charge is 0.0105 e. The second-order valence-corrected chi connectivity index (χ2v) is 3.59. The van der Waals surface area contributed by atoms with Gasteiger partial charge >= 0.3 is 0 Å². The Morgan fingerprint density at radius 2 is 2.09 bits per heavy atom. The Hall–Kier alpha value is -0.0400. The van der Waals surface area contributed by atoms with E-state index in [4.69, 9.17) is 0 Å². The van der Waals surface area contributed by atoms with E-state index in [0.29, 0.717) is 0 Å². The van der Waals surface area contributed by atoms with Crippen molar-refractivity contribution in [3.8, 4) is 0 Å². The molecule has 0 amide bonds. The molecular weight excluding hydrogens is 134 g/mol. The van der Waals surface area contributed by atoms with Crippen LogP contribution in [0.4, 0.5) is 0 Å². The quantitative estimate of drug-likeness (QED) is 0.552. The van der Waals surface area contributed by atoms with Crippen molar-refractivity contribution in [2.24, 2.45) is 0 Å². The minimum Gasteiger partial charge on any atom is -0.300 e. The Labute approximate surface area is 70.8 Å². The van der Waals surface area contributed by atoms with Crippen LogP contribution in [0.25, 0.3) is 0 Å². The predicted octanol–water partition coefficient (Wildman–Crippen LogP) is 2.66. The highest BCUT2D eigenvalue weighted by molar-refractivity contribution is 4.80. The highest BCUT2D eigenvalue weighted by Crippen LogP contribution is 2.20. The lowest BCUT2D eigenvalue weighted by atomic mass is 10.00. The van der Waals surface area contributed by atoms with Crippen LogP contribution in [0.5, 0.6) is 0 Å². The van der Waals surface area contributed by atoms with Crippen LogP contribution in [0.15, 0.2) is 0 Å². The van der Waals surface area contributed by atoms with Crippen LogP contribution in [0, 0.1) is 0 Å². The molecular formula is C10H21N. The van der Waals surface area contributed by atoms with Gasteiger partial charge in [0.1, 0.15) is 0 Å². The first-order chi connectivity index (χ1) is 5.38. The molecule has 1 atom stereocenters. The lowest BCUT2D eigenvalue weighted by Gasteiger charge is -2.40. The maximum atomic E-state index is 2.63. The maximum absolute atomic E-state index is 2.63. The molecule has 1 unspecified atom stereocenters. The van der Waals surface area contributed by atoms with Gasteiger partial charge in [0.25, 0.3) is 0 Å². The van der Waals surface area contributed by atoms with Crippen LogP contribution in [0.1, 0.15) is 46.0 Å². The van der Waals surface area contributed by atoms with Gasteiger partial charge in [-0.15, -0.1) is 0 Å². The van der Waals surface area contributed by atoms with Crippen molar-refractivity contribution in [2.45, 2.75) is 52.0 Å². The molecule has 1 saturated heterocycles. The van der Waals surface area contributed by atoms with Gasteiger partial charge in [0, 0.05) is 6.04 Å². The van der Waals surface area contributed by atoms with E-state index in [1.807, 2.05) is 0 Å². The monoisotopic (exact) mass is 155 g/mol. The molecule has 0 aromatic rings. The molecule has 66 valence electrons. The Balaban J connectivity index is 1.98. The molecule has 1 rings (SSSR count). The molecule has 0 aromatic heterocycles. The molecule has 0 saturated carbocycles. The topological polar surface area (TPSA) is 3.24 Å². The van der Waals surface area contributed by atoms with Crippen LogP contribution < -0.4 is 0 Å². The van der Waals surface area contributed by atoms with E-state index in [9.17, 15) is 0 Å². The summed E-state index contributed by atoms with van der Waals surface area (Å²) >= 11 is 0. The third-order valence-corrected chi connectivity index (χ3v) is 2.79. The van der Waals surface area contributed by atoms with E-state index in [1.165, 1.54) is 45.2 Å². The van der Waals surface area contributed by atoms with Gasteiger partial charge in [-0.3, -0.25) is 0 Å². The third-order valence-electron chi connectivity index (χ3n) is 2.79. The van der Waals surface area contributed by atoms with Crippen molar-refractivity contribution in [2.75, 3.05) is 13.1 Å². The van der Waals surface area contributed by atoms with Crippen LogP contribution in [-0.2, 0) is 0 Å². The van der Waals surface area contributed by atoms with Gasteiger partial charge in [-0.05, 0) is 32.4 Å². The van der Waals surface area contributed by atoms with Gasteiger partial charge in [-0.2, -0.15) is 0 Å². The summed E-state index contributed by atoms with van der Waals surface area (Å²) in [6, 6.07) is 0.937. The summed E-state index contributed by atoms with van der Waals surface area (Å²) in [4.78, 5) is 2.63. The van der Waals surface area contributed by atoms with Crippen molar-refractivity contribution in [1.82, 2.24) is 4.90 Å². The Morgan fingerprint density at radius 1 is 1.27 bits per heavy atom. The molecule has 1 aliphatic rings. The predicted molar refractivity (Wildman–Crippen MR) is 49.8 cm³/mol. The van der Waals surface area contributed by atoms with Crippen LogP contribution in [0.2, 0.25) is 0 Å². The van der Waals surface area contributed by atoms with E-state index < -0.39 is 0 Å². The maximum Gasteiger partial charge on any atom is 0.0105 e. The summed E-state index contributed by atoms with van der Waals surface area (Å²) in [5.74, 6) is 0. The lowest BCUT2D eigenvalue weighted by Crippen LogP contribution is -2.47. The van der Waals surface area contributed by atoms with Gasteiger partial charge in [-0.1, -0.05) is 26.7 Å². The number of rotatable bonds is 5. The Kier molecular flexibility index (Phi) is 3.92. The Bertz CT molecular complexity index is 99.0. The fourth-order valence-corrected chi connectivity index (χ4v) is 1.82. The fourth-order valence-electron chi connectivity index (χ4n) is 1.82. The van der Waals surface area contributed by atoms with Crippen molar-refractivity contribution >= 4 is 0 Å². The number of unbranched alkanes of at least 4 members (excludes halogenated alkanes) is 2. The molecule has 0 aliphatic carbocycles. The third kappa shape index (κ3) is 2.48. The summed E-state index contributed by atoms with van der Waals surface area (Å²) in [7, 11) is 0. The summed E-state index contributed by atoms with van der Waals surface area (Å²) in [6.07, 6.45) is 6.97. The van der Waals surface area contributed by atoms with Crippen molar-refractivity contribution in [3.63, 3.8) is 0 Å². The minimum atomic E-state index is 0.937. The highest BCUT2D eigenvalue weighted by atomic mass is 15.2. The molecule has 1 fully saturated rings. The largest absolute Gasteiger partial charge is 0.300 e. The molecule has 0 radical (unpaired) electrons. The van der Waals surface area contributed by atoms with Crippen LogP contribution in [-0.4, -0.2) is 24.0 Å². The minimum absolute atomic E-state index is 0.937. The number of likely N-dealkylation sites (tertiary alicyclic amines) is 1. The molecule has 1 nitrogen and oxygen atoms in total. The van der Waals surface area contributed by atoms with E-state index >= 15 is 0 Å². The second-order valence-electron chi connectivity index (χ2n) is 3.59. The van der Waals surface area contributed by atoms with Gasteiger partial charge in [0.05, 0.1) is 0 Å². The highest BCUT2D eigenvalue weighted by Gasteiger charge is 2.24. The molecule has 1 heterocycles. The SMILES string of the molecule is CCCCCN1CCC1CC. The zero-order valence-electron chi connectivity index (χ0n) is 7.97. The molecule has 1 aliphatic heterocycles. The number of hydrogen-bond donors (Lipinski definition) is 0. The molecule has 0 N–H and O–H groups in total. The van der Waals surface area contributed by atoms with Gasteiger partial charge in [-0.25, -0.2) is 0 Å². The van der Waals surface area contributed by atoms with E-state index in [1.54, 1.807) is 0 Å². The summed E-state index contributed by atoms with van der Waals surface area (Å²) in [5, 5.41) is 0. The first-order valence-corrected chi connectivity index (χ1v) is 5.12. The molecule has 0 spiro atoms. The van der Waals surface area contributed by atoms with Gasteiger partial charge in [0.2, 0.25) is 0 Å². The van der Waals surface area contributed by atoms with Crippen molar-refractivity contribution in [1.29, 1.82) is 0 Å². The van der Waals surface area contributed by atoms with Gasteiger partial charge < -0.3 is 4.90 Å². The van der Waals surface area contributed by atoms with E-state index in [0.717, 1.165) is 6.04 Å². The number of hydrogen-bond acceptors (Lipinski definition) is 1.